The number of aliphatic carboxylic acids is 2. The van der Waals surface area contributed by atoms with Crippen LogP contribution in [0.1, 0.15) is 10.4 Å². The molecule has 148 valence electrons. The van der Waals surface area contributed by atoms with Crippen LogP contribution in [0.2, 0.25) is 0 Å². The fourth-order valence-electron chi connectivity index (χ4n) is 2.13. The second kappa shape index (κ2) is 12.0. The summed E-state index contributed by atoms with van der Waals surface area (Å²) in [6.45, 7) is 1.50. The molecule has 0 aliphatic carbocycles. The average molecular weight is 382 g/mol. The fraction of sp³-hybridized carbons (Fsp3) is 0.190. The summed E-state index contributed by atoms with van der Waals surface area (Å²) < 4.78 is 0. The predicted molar refractivity (Wildman–Crippen MR) is 102 cm³/mol. The number of para-hydroxylation sites is 1. The van der Waals surface area contributed by atoms with Gasteiger partial charge in [-0.05, 0) is 50.5 Å². The lowest BCUT2D eigenvalue weighted by molar-refractivity contribution is -0.301. The summed E-state index contributed by atoms with van der Waals surface area (Å²) in [5.41, 5.74) is 1.65. The molecule has 0 aromatic heterocycles. The number of hydrogen-bond donors (Lipinski definition) is 0. The summed E-state index contributed by atoms with van der Waals surface area (Å²) in [4.78, 5) is 35.4. The van der Waals surface area contributed by atoms with E-state index in [0.29, 0.717) is 18.7 Å². The summed E-state index contributed by atoms with van der Waals surface area (Å²) >= 11 is 0. The van der Waals surface area contributed by atoms with Crippen molar-refractivity contribution < 1.29 is 24.6 Å². The van der Waals surface area contributed by atoms with Gasteiger partial charge in [0.2, 0.25) is 0 Å². The highest BCUT2D eigenvalue weighted by Crippen LogP contribution is 2.16. The molecular formula is C21H22N2O5-2. The summed E-state index contributed by atoms with van der Waals surface area (Å²) in [7, 11) is 4.02. The molecule has 0 heterocycles. The number of amides is 1. The lowest BCUT2D eigenvalue weighted by atomic mass is 10.2. The van der Waals surface area contributed by atoms with Crippen molar-refractivity contribution in [3.63, 3.8) is 0 Å². The predicted octanol–water partition coefficient (Wildman–Crippen LogP) is -0.0626. The van der Waals surface area contributed by atoms with Gasteiger partial charge in [-0.25, -0.2) is 0 Å². The Bertz CT molecular complexity index is 773. The molecule has 0 unspecified atom stereocenters. The van der Waals surface area contributed by atoms with Gasteiger partial charge >= 0.3 is 0 Å². The maximum atomic E-state index is 12.7. The third-order valence-electron chi connectivity index (χ3n) is 3.46. The molecule has 0 saturated heterocycles. The van der Waals surface area contributed by atoms with Crippen LogP contribution in [0.4, 0.5) is 5.69 Å². The SMILES string of the molecule is CN(C)CCN(C(=O)c1ccccc1)c1ccccc1.O=C([O-])/C=C/C(=O)[O-]. The Hall–Kier alpha value is -3.45. The maximum Gasteiger partial charge on any atom is 0.258 e. The molecule has 1 amide bonds. The average Bonchev–Trinajstić information content (AvgIpc) is 2.68. The molecule has 0 spiro atoms. The lowest BCUT2D eigenvalue weighted by Gasteiger charge is -2.24. The van der Waals surface area contributed by atoms with E-state index in [1.807, 2.05) is 79.7 Å². The number of rotatable bonds is 7. The van der Waals surface area contributed by atoms with Crippen molar-refractivity contribution in [2.24, 2.45) is 0 Å². The minimum Gasteiger partial charge on any atom is -0.545 e. The first kappa shape index (κ1) is 22.6. The molecular weight excluding hydrogens is 360 g/mol. The summed E-state index contributed by atoms with van der Waals surface area (Å²) in [5, 5.41) is 18.8. The monoisotopic (exact) mass is 382 g/mol. The third kappa shape index (κ3) is 8.77. The van der Waals surface area contributed by atoms with Crippen LogP contribution in [0.3, 0.4) is 0 Å². The zero-order valence-corrected chi connectivity index (χ0v) is 15.8. The molecule has 2 aromatic carbocycles. The molecule has 7 heteroatoms. The molecule has 7 nitrogen and oxygen atoms in total. The van der Waals surface area contributed by atoms with Crippen LogP contribution in [0.15, 0.2) is 72.8 Å². The third-order valence-corrected chi connectivity index (χ3v) is 3.46. The van der Waals surface area contributed by atoms with Gasteiger partial charge in [0.15, 0.2) is 0 Å². The minimum absolute atomic E-state index is 0.0404. The molecule has 0 radical (unpaired) electrons. The number of hydrogen-bond acceptors (Lipinski definition) is 6. The molecule has 0 aliphatic heterocycles. The van der Waals surface area contributed by atoms with Crippen LogP contribution in [-0.2, 0) is 9.59 Å². The first-order valence-electron chi connectivity index (χ1n) is 8.48. The number of likely N-dealkylation sites (N-methyl/N-ethyl adjacent to an activating group) is 1. The van der Waals surface area contributed by atoms with Crippen molar-refractivity contribution in [2.75, 3.05) is 32.1 Å². The minimum atomic E-state index is -1.55. The molecule has 2 rings (SSSR count). The molecule has 0 saturated carbocycles. The van der Waals surface area contributed by atoms with Gasteiger partial charge in [-0.2, -0.15) is 0 Å². The van der Waals surface area contributed by atoms with Gasteiger partial charge < -0.3 is 29.6 Å². The number of benzene rings is 2. The van der Waals surface area contributed by atoms with Gasteiger partial charge in [-0.15, -0.1) is 0 Å². The van der Waals surface area contributed by atoms with Crippen LogP contribution in [0.5, 0.6) is 0 Å². The normalized spacial score (nSPS) is 10.2. The Kier molecular flexibility index (Phi) is 9.71. The second-order valence-electron chi connectivity index (χ2n) is 5.93. The smallest absolute Gasteiger partial charge is 0.258 e. The lowest BCUT2D eigenvalue weighted by Crippen LogP contribution is -2.36. The molecule has 2 aromatic rings. The molecule has 0 bridgehead atoms. The van der Waals surface area contributed by atoms with Crippen LogP contribution >= 0.6 is 0 Å². The van der Waals surface area contributed by atoms with Crippen molar-refractivity contribution in [2.45, 2.75) is 0 Å². The van der Waals surface area contributed by atoms with Crippen molar-refractivity contribution in [3.05, 3.63) is 78.4 Å². The van der Waals surface area contributed by atoms with E-state index >= 15 is 0 Å². The Morgan fingerprint density at radius 1 is 0.786 bits per heavy atom. The van der Waals surface area contributed by atoms with Crippen LogP contribution in [0.25, 0.3) is 0 Å². The van der Waals surface area contributed by atoms with Gasteiger partial charge in [0.05, 0.1) is 11.9 Å². The van der Waals surface area contributed by atoms with Gasteiger partial charge in [0, 0.05) is 24.3 Å². The maximum absolute atomic E-state index is 12.7. The second-order valence-corrected chi connectivity index (χ2v) is 5.93. The Morgan fingerprint density at radius 3 is 1.68 bits per heavy atom. The Balaban J connectivity index is 0.000000416. The van der Waals surface area contributed by atoms with E-state index in [4.69, 9.17) is 0 Å². The van der Waals surface area contributed by atoms with E-state index < -0.39 is 11.9 Å². The van der Waals surface area contributed by atoms with E-state index in [9.17, 15) is 24.6 Å². The highest BCUT2D eigenvalue weighted by molar-refractivity contribution is 6.06. The highest BCUT2D eigenvalue weighted by Gasteiger charge is 2.17. The topological polar surface area (TPSA) is 104 Å². The molecule has 28 heavy (non-hydrogen) atoms. The first-order chi connectivity index (χ1) is 13.3. The summed E-state index contributed by atoms with van der Waals surface area (Å²) in [5.74, 6) is -3.05. The zero-order valence-electron chi connectivity index (χ0n) is 15.8. The van der Waals surface area contributed by atoms with Crippen LogP contribution in [0, 0.1) is 0 Å². The van der Waals surface area contributed by atoms with E-state index in [1.54, 1.807) is 0 Å². The zero-order chi connectivity index (χ0) is 20.9. The molecule has 0 fully saturated rings. The van der Waals surface area contributed by atoms with Crippen molar-refractivity contribution in [3.8, 4) is 0 Å². The summed E-state index contributed by atoms with van der Waals surface area (Å²) in [6.07, 6.45) is 0.769. The van der Waals surface area contributed by atoms with Gasteiger partial charge in [-0.3, -0.25) is 4.79 Å². The molecule has 0 aliphatic rings. The fourth-order valence-corrected chi connectivity index (χ4v) is 2.13. The van der Waals surface area contributed by atoms with Crippen LogP contribution in [-0.4, -0.2) is 49.9 Å². The number of carboxylic acid groups (broad SMARTS) is 2. The number of carboxylic acids is 2. The van der Waals surface area contributed by atoms with Gasteiger partial charge in [0.25, 0.3) is 5.91 Å². The van der Waals surface area contributed by atoms with E-state index in [2.05, 4.69) is 4.90 Å². The standard InChI is InChI=1S/C17H20N2O.C4H4O4/c1-18(2)13-14-19(16-11-7-4-8-12-16)17(20)15-9-5-3-6-10-15;5-3(6)1-2-4(7)8/h3-12H,13-14H2,1-2H3;1-2H,(H,5,6)(H,7,8)/p-2/b;2-1+. The first-order valence-corrected chi connectivity index (χ1v) is 8.48. The summed E-state index contributed by atoms with van der Waals surface area (Å²) in [6, 6.07) is 19.2. The van der Waals surface area contributed by atoms with Crippen molar-refractivity contribution >= 4 is 23.5 Å². The number of nitrogens with zero attached hydrogens (tertiary/aromatic N) is 2. The Morgan fingerprint density at radius 2 is 1.25 bits per heavy atom. The van der Waals surface area contributed by atoms with Crippen molar-refractivity contribution in [1.82, 2.24) is 4.90 Å². The quantitative estimate of drug-likeness (QED) is 0.622. The number of carbonyl (C=O) groups excluding carboxylic acids is 3. The number of carbonyl (C=O) groups is 3. The van der Waals surface area contributed by atoms with Gasteiger partial charge in [0.1, 0.15) is 0 Å². The van der Waals surface area contributed by atoms with Crippen molar-refractivity contribution in [1.29, 1.82) is 0 Å². The van der Waals surface area contributed by atoms with Gasteiger partial charge in [-0.1, -0.05) is 36.4 Å². The molecule has 0 N–H and O–H groups in total. The van der Waals surface area contributed by atoms with E-state index in [-0.39, 0.29) is 5.91 Å². The largest absolute Gasteiger partial charge is 0.545 e. The molecule has 0 atom stereocenters. The Labute approximate surface area is 164 Å². The highest BCUT2D eigenvalue weighted by atomic mass is 16.4. The van der Waals surface area contributed by atoms with E-state index in [1.165, 1.54) is 0 Å². The van der Waals surface area contributed by atoms with Crippen LogP contribution < -0.4 is 15.1 Å². The van der Waals surface area contributed by atoms with E-state index in [0.717, 1.165) is 17.8 Å². The number of anilines is 1.